The second-order valence-electron chi connectivity index (χ2n) is 6.36. The number of esters is 1. The first-order chi connectivity index (χ1) is 12.0. The van der Waals surface area contributed by atoms with Gasteiger partial charge in [0.2, 0.25) is 0 Å². The molecule has 0 spiro atoms. The van der Waals surface area contributed by atoms with Crippen LogP contribution in [0.5, 0.6) is 0 Å². The maximum atomic E-state index is 11.9. The van der Waals surface area contributed by atoms with Crippen molar-refractivity contribution in [1.82, 2.24) is 14.9 Å². The summed E-state index contributed by atoms with van der Waals surface area (Å²) in [6, 6.07) is 8.93. The third-order valence-electron chi connectivity index (χ3n) is 4.51. The number of aromatic amines is 2. The first-order valence-electron chi connectivity index (χ1n) is 8.26. The number of hydrogen-bond acceptors (Lipinski definition) is 5. The van der Waals surface area contributed by atoms with Crippen LogP contribution in [0.15, 0.2) is 39.9 Å². The van der Waals surface area contributed by atoms with Crippen LogP contribution in [-0.2, 0) is 17.7 Å². The highest BCUT2D eigenvalue weighted by atomic mass is 16.5. The van der Waals surface area contributed by atoms with E-state index >= 15 is 0 Å². The Hall–Kier alpha value is -2.67. The Morgan fingerprint density at radius 1 is 1.28 bits per heavy atom. The molecule has 1 unspecified atom stereocenters. The number of hydrogen-bond donors (Lipinski definition) is 2. The molecule has 3 rings (SSSR count). The molecule has 1 fully saturated rings. The Morgan fingerprint density at radius 3 is 2.84 bits per heavy atom. The first-order valence-corrected chi connectivity index (χ1v) is 8.26. The number of rotatable bonds is 5. The number of methoxy groups -OCH3 is 1. The Morgan fingerprint density at radius 2 is 2.08 bits per heavy atom. The Balaban J connectivity index is 1.65. The van der Waals surface area contributed by atoms with Gasteiger partial charge >= 0.3 is 11.7 Å². The quantitative estimate of drug-likeness (QED) is 0.787. The van der Waals surface area contributed by atoms with Gasteiger partial charge in [-0.25, -0.2) is 9.59 Å². The average Bonchev–Trinajstić information content (AvgIpc) is 3.00. The minimum Gasteiger partial charge on any atom is -0.465 e. The van der Waals surface area contributed by atoms with Crippen LogP contribution in [0.1, 0.15) is 28.0 Å². The topological polar surface area (TPSA) is 95.3 Å². The van der Waals surface area contributed by atoms with Crippen LogP contribution < -0.4 is 11.2 Å². The van der Waals surface area contributed by atoms with E-state index in [-0.39, 0.29) is 11.5 Å². The number of carbonyl (C=O) groups is 1. The molecule has 1 saturated heterocycles. The summed E-state index contributed by atoms with van der Waals surface area (Å²) in [4.78, 5) is 41.6. The summed E-state index contributed by atoms with van der Waals surface area (Å²) in [5.74, 6) is 0.103. The Bertz CT molecular complexity index is 843. The lowest BCUT2D eigenvalue weighted by atomic mass is 9.95. The summed E-state index contributed by atoms with van der Waals surface area (Å²) >= 11 is 0. The molecule has 2 N–H and O–H groups in total. The normalized spacial score (nSPS) is 17.6. The average molecular weight is 343 g/mol. The van der Waals surface area contributed by atoms with E-state index in [4.69, 9.17) is 4.74 Å². The van der Waals surface area contributed by atoms with Gasteiger partial charge in [-0.3, -0.25) is 14.7 Å². The fourth-order valence-corrected chi connectivity index (χ4v) is 3.39. The zero-order valence-electron chi connectivity index (χ0n) is 14.1. The molecule has 0 aliphatic carbocycles. The number of ether oxygens (including phenoxy) is 1. The SMILES string of the molecule is COC(=O)c1ccccc1CC1CCN(Cc2cc(=O)[nH]c(=O)[nH]2)C1. The highest BCUT2D eigenvalue weighted by Crippen LogP contribution is 2.23. The number of carbonyl (C=O) groups excluding carboxylic acids is 1. The first kappa shape index (κ1) is 17.2. The minimum absolute atomic E-state index is 0.313. The van der Waals surface area contributed by atoms with Crippen molar-refractivity contribution in [3.8, 4) is 0 Å². The maximum absolute atomic E-state index is 11.9. The maximum Gasteiger partial charge on any atom is 0.338 e. The molecule has 0 radical (unpaired) electrons. The van der Waals surface area contributed by atoms with Crippen molar-refractivity contribution in [3.63, 3.8) is 0 Å². The van der Waals surface area contributed by atoms with E-state index < -0.39 is 5.69 Å². The van der Waals surface area contributed by atoms with Crippen LogP contribution in [-0.4, -0.2) is 41.0 Å². The monoisotopic (exact) mass is 343 g/mol. The number of aromatic nitrogens is 2. The van der Waals surface area contributed by atoms with Crippen LogP contribution in [0.25, 0.3) is 0 Å². The van der Waals surface area contributed by atoms with Crippen molar-refractivity contribution in [3.05, 3.63) is 68.0 Å². The van der Waals surface area contributed by atoms with Gasteiger partial charge in [0.1, 0.15) is 0 Å². The van der Waals surface area contributed by atoms with Gasteiger partial charge in [0, 0.05) is 24.8 Å². The van der Waals surface area contributed by atoms with Crippen molar-refractivity contribution in [2.45, 2.75) is 19.4 Å². The van der Waals surface area contributed by atoms with E-state index in [0.717, 1.165) is 31.5 Å². The van der Waals surface area contributed by atoms with E-state index in [1.807, 2.05) is 18.2 Å². The minimum atomic E-state index is -0.481. The van der Waals surface area contributed by atoms with Crippen molar-refractivity contribution in [1.29, 1.82) is 0 Å². The molecule has 0 amide bonds. The third-order valence-corrected chi connectivity index (χ3v) is 4.51. The smallest absolute Gasteiger partial charge is 0.338 e. The second kappa shape index (κ2) is 7.48. The van der Waals surface area contributed by atoms with Gasteiger partial charge in [0.15, 0.2) is 0 Å². The highest BCUT2D eigenvalue weighted by molar-refractivity contribution is 5.90. The molecule has 25 heavy (non-hydrogen) atoms. The molecule has 0 saturated carbocycles. The summed E-state index contributed by atoms with van der Waals surface area (Å²) < 4.78 is 4.85. The molecule has 2 aromatic rings. The molecule has 0 bridgehead atoms. The van der Waals surface area contributed by atoms with Crippen LogP contribution in [0.4, 0.5) is 0 Å². The van der Waals surface area contributed by atoms with Crippen LogP contribution in [0, 0.1) is 5.92 Å². The predicted molar refractivity (Wildman–Crippen MR) is 92.6 cm³/mol. The Labute approximate surface area is 144 Å². The number of likely N-dealkylation sites (tertiary alicyclic amines) is 1. The van der Waals surface area contributed by atoms with Crippen LogP contribution >= 0.6 is 0 Å². The van der Waals surface area contributed by atoms with E-state index in [1.165, 1.54) is 13.2 Å². The number of nitrogens with zero attached hydrogens (tertiary/aromatic N) is 1. The molecule has 1 aliphatic heterocycles. The fraction of sp³-hybridized carbons (Fsp3) is 0.389. The molecule has 132 valence electrons. The van der Waals surface area contributed by atoms with Crippen molar-refractivity contribution >= 4 is 5.97 Å². The highest BCUT2D eigenvalue weighted by Gasteiger charge is 2.24. The largest absolute Gasteiger partial charge is 0.465 e. The van der Waals surface area contributed by atoms with Crippen LogP contribution in [0.3, 0.4) is 0 Å². The summed E-state index contributed by atoms with van der Waals surface area (Å²) in [6.07, 6.45) is 1.80. The van der Waals surface area contributed by atoms with Gasteiger partial charge in [-0.05, 0) is 36.9 Å². The lowest BCUT2D eigenvalue weighted by Gasteiger charge is -2.16. The molecule has 1 aliphatic rings. The van der Waals surface area contributed by atoms with Gasteiger partial charge in [-0.15, -0.1) is 0 Å². The van der Waals surface area contributed by atoms with Crippen molar-refractivity contribution in [2.75, 3.05) is 20.2 Å². The third kappa shape index (κ3) is 4.24. The number of benzene rings is 1. The van der Waals surface area contributed by atoms with E-state index in [2.05, 4.69) is 14.9 Å². The number of nitrogens with one attached hydrogen (secondary N) is 2. The molecule has 1 aromatic heterocycles. The van der Waals surface area contributed by atoms with Gasteiger partial charge in [0.25, 0.3) is 5.56 Å². The summed E-state index contributed by atoms with van der Waals surface area (Å²) in [6.45, 7) is 2.28. The van der Waals surface area contributed by atoms with E-state index in [0.29, 0.717) is 23.7 Å². The lowest BCUT2D eigenvalue weighted by molar-refractivity contribution is 0.0599. The lowest BCUT2D eigenvalue weighted by Crippen LogP contribution is -2.27. The zero-order valence-corrected chi connectivity index (χ0v) is 14.1. The fourth-order valence-electron chi connectivity index (χ4n) is 3.39. The number of H-pyrrole nitrogens is 2. The molecule has 7 heteroatoms. The van der Waals surface area contributed by atoms with Gasteiger partial charge < -0.3 is 9.72 Å². The van der Waals surface area contributed by atoms with E-state index in [9.17, 15) is 14.4 Å². The molecule has 2 heterocycles. The Kier molecular flexibility index (Phi) is 5.14. The molecular formula is C18H21N3O4. The van der Waals surface area contributed by atoms with Gasteiger partial charge in [-0.1, -0.05) is 18.2 Å². The molecule has 7 nitrogen and oxygen atoms in total. The van der Waals surface area contributed by atoms with Gasteiger partial charge in [0.05, 0.1) is 12.7 Å². The molecular weight excluding hydrogens is 322 g/mol. The van der Waals surface area contributed by atoms with Crippen LogP contribution in [0.2, 0.25) is 0 Å². The van der Waals surface area contributed by atoms with Crippen molar-refractivity contribution in [2.24, 2.45) is 5.92 Å². The predicted octanol–water partition coefficient (Wildman–Crippen LogP) is 0.914. The zero-order chi connectivity index (χ0) is 17.8. The standard InChI is InChI=1S/C18H21N3O4/c1-25-17(23)15-5-3-2-4-13(15)8-12-6-7-21(10-12)11-14-9-16(22)20-18(24)19-14/h2-5,9,12H,6-8,10-11H2,1H3,(H2,19,20,22,24). The van der Waals surface area contributed by atoms with E-state index in [1.54, 1.807) is 6.07 Å². The molecule has 1 atom stereocenters. The summed E-state index contributed by atoms with van der Waals surface area (Å²) in [5, 5.41) is 0. The van der Waals surface area contributed by atoms with Crippen molar-refractivity contribution < 1.29 is 9.53 Å². The van der Waals surface area contributed by atoms with Gasteiger partial charge in [-0.2, -0.15) is 0 Å². The summed E-state index contributed by atoms with van der Waals surface area (Å²) in [5.41, 5.74) is 1.35. The molecule has 1 aromatic carbocycles. The summed E-state index contributed by atoms with van der Waals surface area (Å²) in [7, 11) is 1.39. The second-order valence-corrected chi connectivity index (χ2v) is 6.36.